The first-order chi connectivity index (χ1) is 13.4. The molecule has 0 bridgehead atoms. The molecule has 0 radical (unpaired) electrons. The van der Waals surface area contributed by atoms with Crippen molar-refractivity contribution in [1.82, 2.24) is 9.55 Å². The van der Waals surface area contributed by atoms with Gasteiger partial charge in [0, 0.05) is 6.07 Å². The average molecular weight is 407 g/mol. The van der Waals surface area contributed by atoms with Gasteiger partial charge in [0.2, 0.25) is 5.91 Å². The number of rotatable bonds is 8. The molecular formula is C18H21N3O6S. The maximum atomic E-state index is 12.6. The summed E-state index contributed by atoms with van der Waals surface area (Å²) in [6.45, 7) is 1.43. The molecule has 1 aromatic heterocycles. The van der Waals surface area contributed by atoms with E-state index in [1.165, 1.54) is 26.0 Å². The zero-order chi connectivity index (χ0) is 20.7. The molecule has 1 amide bonds. The van der Waals surface area contributed by atoms with E-state index in [4.69, 9.17) is 14.2 Å². The van der Waals surface area contributed by atoms with Crippen molar-refractivity contribution in [2.24, 2.45) is 0 Å². The van der Waals surface area contributed by atoms with Crippen molar-refractivity contribution in [1.29, 1.82) is 0 Å². The standard InChI is InChI=1S/C18H21N3O6S/c1-5-27-17(24)12-9-19-18(28-4)21(16(12)23)10-15(22)20-13-7-6-11(25-2)8-14(13)26-3/h6-9H,5,10H2,1-4H3,(H,20,22). The number of thioether (sulfide) groups is 1. The number of benzene rings is 1. The minimum Gasteiger partial charge on any atom is -0.497 e. The summed E-state index contributed by atoms with van der Waals surface area (Å²) in [5.41, 5.74) is -0.453. The van der Waals surface area contributed by atoms with Gasteiger partial charge in [0.05, 0.1) is 32.7 Å². The van der Waals surface area contributed by atoms with Gasteiger partial charge in [-0.2, -0.15) is 0 Å². The number of carbonyl (C=O) groups excluding carboxylic acids is 2. The Kier molecular flexibility index (Phi) is 7.44. The molecule has 150 valence electrons. The van der Waals surface area contributed by atoms with Gasteiger partial charge in [-0.15, -0.1) is 0 Å². The summed E-state index contributed by atoms with van der Waals surface area (Å²) in [6.07, 6.45) is 2.87. The van der Waals surface area contributed by atoms with Crippen LogP contribution in [0, 0.1) is 0 Å². The third-order valence-corrected chi connectivity index (χ3v) is 4.36. The molecule has 0 atom stereocenters. The molecule has 0 fully saturated rings. The van der Waals surface area contributed by atoms with Crippen LogP contribution in [-0.4, -0.2) is 48.5 Å². The Labute approximate surface area is 166 Å². The fourth-order valence-electron chi connectivity index (χ4n) is 2.36. The molecule has 1 heterocycles. The van der Waals surface area contributed by atoms with E-state index in [0.29, 0.717) is 22.3 Å². The van der Waals surface area contributed by atoms with Crippen molar-refractivity contribution in [3.05, 3.63) is 40.3 Å². The molecule has 0 aliphatic rings. The molecule has 9 nitrogen and oxygen atoms in total. The van der Waals surface area contributed by atoms with Crippen LogP contribution in [0.25, 0.3) is 0 Å². The topological polar surface area (TPSA) is 109 Å². The van der Waals surface area contributed by atoms with Crippen LogP contribution in [0.1, 0.15) is 17.3 Å². The predicted octanol–water partition coefficient (Wildman–Crippen LogP) is 1.80. The number of hydrogen-bond donors (Lipinski definition) is 1. The van der Waals surface area contributed by atoms with Gasteiger partial charge in [-0.1, -0.05) is 11.8 Å². The van der Waals surface area contributed by atoms with Crippen LogP contribution < -0.4 is 20.3 Å². The molecular weight excluding hydrogens is 386 g/mol. The van der Waals surface area contributed by atoms with Crippen molar-refractivity contribution in [3.63, 3.8) is 0 Å². The molecule has 10 heteroatoms. The minimum atomic E-state index is -0.779. The zero-order valence-corrected chi connectivity index (χ0v) is 16.8. The van der Waals surface area contributed by atoms with Gasteiger partial charge in [0.1, 0.15) is 23.6 Å². The number of methoxy groups -OCH3 is 2. The number of anilines is 1. The Morgan fingerprint density at radius 3 is 2.61 bits per heavy atom. The number of amides is 1. The molecule has 2 aromatic rings. The molecule has 28 heavy (non-hydrogen) atoms. The maximum Gasteiger partial charge on any atom is 0.345 e. The smallest absolute Gasteiger partial charge is 0.345 e. The number of hydrogen-bond acceptors (Lipinski definition) is 8. The van der Waals surface area contributed by atoms with Crippen LogP contribution in [0.4, 0.5) is 5.69 Å². The first-order valence-corrected chi connectivity index (χ1v) is 9.50. The van der Waals surface area contributed by atoms with Crippen molar-refractivity contribution in [2.45, 2.75) is 18.6 Å². The third-order valence-electron chi connectivity index (χ3n) is 3.67. The quantitative estimate of drug-likeness (QED) is 0.401. The first kappa shape index (κ1) is 21.3. The molecule has 0 spiro atoms. The molecule has 0 unspecified atom stereocenters. The SMILES string of the molecule is CCOC(=O)c1cnc(SC)n(CC(=O)Nc2ccc(OC)cc2OC)c1=O. The summed E-state index contributed by atoms with van der Waals surface area (Å²) in [5.74, 6) is -0.284. The number of carbonyl (C=O) groups is 2. The number of nitrogens with zero attached hydrogens (tertiary/aromatic N) is 2. The van der Waals surface area contributed by atoms with Crippen LogP contribution in [0.3, 0.4) is 0 Å². The second-order valence-electron chi connectivity index (χ2n) is 5.38. The van der Waals surface area contributed by atoms with Crippen LogP contribution in [0.15, 0.2) is 34.3 Å². The van der Waals surface area contributed by atoms with E-state index in [-0.39, 0.29) is 18.7 Å². The van der Waals surface area contributed by atoms with Gasteiger partial charge in [0.15, 0.2) is 5.16 Å². The zero-order valence-electron chi connectivity index (χ0n) is 16.0. The highest BCUT2D eigenvalue weighted by Gasteiger charge is 2.19. The van der Waals surface area contributed by atoms with E-state index in [1.54, 1.807) is 31.4 Å². The Bertz CT molecular complexity index is 928. The second kappa shape index (κ2) is 9.79. The fraction of sp³-hybridized carbons (Fsp3) is 0.333. The summed E-state index contributed by atoms with van der Waals surface area (Å²) < 4.78 is 16.4. The Balaban J connectivity index is 2.29. The van der Waals surface area contributed by atoms with Gasteiger partial charge in [-0.25, -0.2) is 9.78 Å². The van der Waals surface area contributed by atoms with Crippen molar-refractivity contribution in [3.8, 4) is 11.5 Å². The van der Waals surface area contributed by atoms with Gasteiger partial charge >= 0.3 is 5.97 Å². The Hall–Kier alpha value is -3.01. The number of aromatic nitrogens is 2. The molecule has 1 aromatic carbocycles. The lowest BCUT2D eigenvalue weighted by molar-refractivity contribution is -0.117. The van der Waals surface area contributed by atoms with Crippen LogP contribution in [0.5, 0.6) is 11.5 Å². The maximum absolute atomic E-state index is 12.6. The van der Waals surface area contributed by atoms with E-state index in [9.17, 15) is 14.4 Å². The number of ether oxygens (including phenoxy) is 3. The highest BCUT2D eigenvalue weighted by atomic mass is 32.2. The monoisotopic (exact) mass is 407 g/mol. The largest absolute Gasteiger partial charge is 0.497 e. The summed E-state index contributed by atoms with van der Waals surface area (Å²) in [5, 5.41) is 2.98. The summed E-state index contributed by atoms with van der Waals surface area (Å²) in [7, 11) is 2.99. The van der Waals surface area contributed by atoms with Crippen LogP contribution in [-0.2, 0) is 16.1 Å². The average Bonchev–Trinajstić information content (AvgIpc) is 2.69. The van der Waals surface area contributed by atoms with E-state index in [1.807, 2.05) is 0 Å². The lowest BCUT2D eigenvalue weighted by atomic mass is 10.2. The third kappa shape index (κ3) is 4.83. The van der Waals surface area contributed by atoms with E-state index in [0.717, 1.165) is 10.8 Å². The summed E-state index contributed by atoms with van der Waals surface area (Å²) in [4.78, 5) is 41.2. The van der Waals surface area contributed by atoms with Crippen molar-refractivity contribution >= 4 is 29.3 Å². The Morgan fingerprint density at radius 1 is 1.25 bits per heavy atom. The lowest BCUT2D eigenvalue weighted by Crippen LogP contribution is -2.33. The van der Waals surface area contributed by atoms with E-state index >= 15 is 0 Å². The summed E-state index contributed by atoms with van der Waals surface area (Å²) in [6, 6.07) is 4.92. The second-order valence-corrected chi connectivity index (χ2v) is 6.16. The molecule has 1 N–H and O–H groups in total. The van der Waals surface area contributed by atoms with Crippen molar-refractivity contribution in [2.75, 3.05) is 32.4 Å². The first-order valence-electron chi connectivity index (χ1n) is 8.27. The van der Waals surface area contributed by atoms with E-state index < -0.39 is 17.4 Å². The molecule has 0 aliphatic carbocycles. The highest BCUT2D eigenvalue weighted by Crippen LogP contribution is 2.29. The van der Waals surface area contributed by atoms with E-state index in [2.05, 4.69) is 10.3 Å². The van der Waals surface area contributed by atoms with Gasteiger partial charge < -0.3 is 19.5 Å². The van der Waals surface area contributed by atoms with Gasteiger partial charge in [0.25, 0.3) is 5.56 Å². The summed E-state index contributed by atoms with van der Waals surface area (Å²) >= 11 is 1.18. The Morgan fingerprint density at radius 2 is 2.00 bits per heavy atom. The highest BCUT2D eigenvalue weighted by molar-refractivity contribution is 7.98. The lowest BCUT2D eigenvalue weighted by Gasteiger charge is -2.14. The number of esters is 1. The number of nitrogens with one attached hydrogen (secondary N) is 1. The van der Waals surface area contributed by atoms with Gasteiger partial charge in [-0.05, 0) is 25.3 Å². The molecule has 2 rings (SSSR count). The molecule has 0 saturated heterocycles. The fourth-order valence-corrected chi connectivity index (χ4v) is 2.89. The van der Waals surface area contributed by atoms with Gasteiger partial charge in [-0.3, -0.25) is 14.2 Å². The molecule has 0 saturated carbocycles. The van der Waals surface area contributed by atoms with Crippen LogP contribution in [0.2, 0.25) is 0 Å². The van der Waals surface area contributed by atoms with Crippen LogP contribution >= 0.6 is 11.8 Å². The minimum absolute atomic E-state index is 0.125. The predicted molar refractivity (Wildman–Crippen MR) is 104 cm³/mol. The van der Waals surface area contributed by atoms with Crippen molar-refractivity contribution < 1.29 is 23.8 Å². The molecule has 0 aliphatic heterocycles. The normalized spacial score (nSPS) is 10.3.